The Hall–Kier alpha value is -4.48. The second kappa shape index (κ2) is 16.5. The summed E-state index contributed by atoms with van der Waals surface area (Å²) in [5, 5.41) is 5.70. The predicted octanol–water partition coefficient (Wildman–Crippen LogP) is 7.06. The Morgan fingerprint density at radius 1 is 0.980 bits per heavy atom. The normalized spacial score (nSPS) is 17.2. The van der Waals surface area contributed by atoms with Crippen LogP contribution in [0.15, 0.2) is 107 Å². The van der Waals surface area contributed by atoms with Crippen LogP contribution in [-0.2, 0) is 26.0 Å². The van der Waals surface area contributed by atoms with Crippen molar-refractivity contribution in [2.75, 3.05) is 35.8 Å². The van der Waals surface area contributed by atoms with Crippen LogP contribution < -0.4 is 26.0 Å². The van der Waals surface area contributed by atoms with E-state index in [-0.39, 0.29) is 17.2 Å². The molecule has 0 aromatic heterocycles. The molecule has 0 spiro atoms. The Balaban J connectivity index is 1.41. The fourth-order valence-electron chi connectivity index (χ4n) is 6.43. The van der Waals surface area contributed by atoms with Gasteiger partial charge in [-0.25, -0.2) is 8.42 Å². The number of thioether (sulfide) groups is 1. The molecule has 264 valence electrons. The Kier molecular flexibility index (Phi) is 12.1. The molecule has 2 atom stereocenters. The summed E-state index contributed by atoms with van der Waals surface area (Å²) < 4.78 is 34.5. The van der Waals surface area contributed by atoms with E-state index in [1.54, 1.807) is 42.5 Å². The Morgan fingerprint density at radius 2 is 1.70 bits per heavy atom. The maximum Gasteiger partial charge on any atom is 0.258 e. The number of hydrogen-bond donors (Lipinski definition) is 3. The standard InChI is InChI=1S/C39H46N4O5S2/c1-4-6-20-39(5-2)26-43(31-18-11-8-12-19-31)32-22-34(49-3)33(23-35(32)50(46,47)27-39)48-25-36(44)42-37(29-15-9-7-10-16-29)38(45)41-24-28-14-13-17-30(40)21-28/h7-19,21-23,37H,4-6,20,24-27,40H2,1-3H3,(H,41,45)(H,42,44)/t37-,39?/m1/s1. The lowest BCUT2D eigenvalue weighted by atomic mass is 9.81. The molecule has 2 amide bonds. The van der Waals surface area contributed by atoms with Crippen molar-refractivity contribution >= 4 is 50.5 Å². The Morgan fingerprint density at radius 3 is 2.36 bits per heavy atom. The van der Waals surface area contributed by atoms with Crippen molar-refractivity contribution in [1.29, 1.82) is 0 Å². The molecule has 9 nitrogen and oxygen atoms in total. The number of sulfone groups is 1. The summed E-state index contributed by atoms with van der Waals surface area (Å²) in [7, 11) is -3.75. The Bertz CT molecular complexity index is 1890. The first kappa shape index (κ1) is 36.8. The minimum absolute atomic E-state index is 0.0226. The molecule has 4 aromatic rings. The highest BCUT2D eigenvalue weighted by Crippen LogP contribution is 2.47. The van der Waals surface area contributed by atoms with Crippen molar-refractivity contribution in [3.63, 3.8) is 0 Å². The highest BCUT2D eigenvalue weighted by Gasteiger charge is 2.42. The van der Waals surface area contributed by atoms with Crippen LogP contribution >= 0.6 is 11.8 Å². The van der Waals surface area contributed by atoms with Gasteiger partial charge in [-0.15, -0.1) is 11.8 Å². The number of hydrogen-bond acceptors (Lipinski definition) is 8. The molecule has 0 radical (unpaired) electrons. The molecule has 1 aliphatic heterocycles. The third-order valence-corrected chi connectivity index (χ3v) is 12.0. The lowest BCUT2D eigenvalue weighted by Gasteiger charge is -2.36. The maximum absolute atomic E-state index is 14.2. The zero-order valence-electron chi connectivity index (χ0n) is 28.9. The number of anilines is 3. The van der Waals surface area contributed by atoms with Gasteiger partial charge in [-0.05, 0) is 60.6 Å². The molecule has 4 N–H and O–H groups in total. The average molecular weight is 715 g/mol. The van der Waals surface area contributed by atoms with Gasteiger partial charge in [0.05, 0.1) is 21.2 Å². The summed E-state index contributed by atoms with van der Waals surface area (Å²) in [6.07, 6.45) is 5.32. The van der Waals surface area contributed by atoms with Crippen molar-refractivity contribution < 1.29 is 22.7 Å². The van der Waals surface area contributed by atoms with Gasteiger partial charge in [-0.1, -0.05) is 87.4 Å². The molecule has 1 heterocycles. The number of carbonyl (C=O) groups is 2. The van der Waals surface area contributed by atoms with Crippen LogP contribution in [0, 0.1) is 5.41 Å². The topological polar surface area (TPSA) is 131 Å². The van der Waals surface area contributed by atoms with Gasteiger partial charge in [-0.3, -0.25) is 9.59 Å². The molecular weight excluding hydrogens is 669 g/mol. The number of nitrogens with two attached hydrogens (primary N) is 1. The number of nitrogens with one attached hydrogen (secondary N) is 2. The second-order valence-electron chi connectivity index (χ2n) is 12.8. The van der Waals surface area contributed by atoms with E-state index in [1.165, 1.54) is 11.8 Å². The monoisotopic (exact) mass is 714 g/mol. The molecular formula is C39H46N4O5S2. The molecule has 50 heavy (non-hydrogen) atoms. The van der Waals surface area contributed by atoms with E-state index in [1.807, 2.05) is 60.9 Å². The van der Waals surface area contributed by atoms with Gasteiger partial charge in [0.15, 0.2) is 16.4 Å². The molecule has 0 fully saturated rings. The number of amides is 2. The number of fused-ring (bicyclic) bond motifs is 1. The summed E-state index contributed by atoms with van der Waals surface area (Å²) >= 11 is 1.41. The first-order valence-electron chi connectivity index (χ1n) is 16.9. The molecule has 1 unspecified atom stereocenters. The third-order valence-electron chi connectivity index (χ3n) is 9.22. The SMILES string of the molecule is CCCCC1(CC)CN(c2ccccc2)c2cc(SC)c(OCC(=O)N[C@@H](C(=O)NCc3cccc(N)c3)c3ccccc3)cc2S(=O)(=O)C1. The van der Waals surface area contributed by atoms with E-state index >= 15 is 0 Å². The van der Waals surface area contributed by atoms with Gasteiger partial charge >= 0.3 is 0 Å². The van der Waals surface area contributed by atoms with E-state index in [0.29, 0.717) is 34.1 Å². The molecule has 4 aromatic carbocycles. The van der Waals surface area contributed by atoms with Gasteiger partial charge in [0.1, 0.15) is 11.8 Å². The van der Waals surface area contributed by atoms with Crippen molar-refractivity contribution in [2.24, 2.45) is 5.41 Å². The van der Waals surface area contributed by atoms with E-state index in [0.717, 1.165) is 36.9 Å². The van der Waals surface area contributed by atoms with E-state index in [2.05, 4.69) is 29.4 Å². The zero-order valence-corrected chi connectivity index (χ0v) is 30.5. The summed E-state index contributed by atoms with van der Waals surface area (Å²) in [5.41, 5.74) is 9.00. The van der Waals surface area contributed by atoms with Crippen molar-refractivity contribution in [2.45, 2.75) is 61.9 Å². The zero-order chi connectivity index (χ0) is 35.7. The van der Waals surface area contributed by atoms with Crippen LogP contribution in [0.2, 0.25) is 0 Å². The van der Waals surface area contributed by atoms with Crippen LogP contribution in [-0.4, -0.2) is 45.4 Å². The number of unbranched alkanes of at least 4 members (excludes halogenated alkanes) is 1. The quantitative estimate of drug-likeness (QED) is 0.0936. The van der Waals surface area contributed by atoms with Crippen LogP contribution in [0.25, 0.3) is 0 Å². The van der Waals surface area contributed by atoms with Crippen LogP contribution in [0.5, 0.6) is 5.75 Å². The van der Waals surface area contributed by atoms with Crippen molar-refractivity contribution in [3.8, 4) is 5.75 Å². The molecule has 0 saturated heterocycles. The van der Waals surface area contributed by atoms with Crippen molar-refractivity contribution in [1.82, 2.24) is 10.6 Å². The summed E-state index contributed by atoms with van der Waals surface area (Å²) in [5.74, 6) is -0.605. The number of benzene rings is 4. The van der Waals surface area contributed by atoms with E-state index in [9.17, 15) is 18.0 Å². The lowest BCUT2D eigenvalue weighted by molar-refractivity contribution is -0.130. The molecule has 11 heteroatoms. The lowest BCUT2D eigenvalue weighted by Crippen LogP contribution is -2.41. The molecule has 0 saturated carbocycles. The molecule has 0 aliphatic carbocycles. The highest BCUT2D eigenvalue weighted by atomic mass is 32.2. The number of ether oxygens (including phenoxy) is 1. The number of rotatable bonds is 14. The minimum Gasteiger partial charge on any atom is -0.483 e. The second-order valence-corrected chi connectivity index (χ2v) is 15.6. The summed E-state index contributed by atoms with van der Waals surface area (Å²) in [4.78, 5) is 29.8. The molecule has 5 rings (SSSR count). The average Bonchev–Trinajstić information content (AvgIpc) is 3.22. The number of nitrogen functional groups attached to an aromatic ring is 1. The first-order valence-corrected chi connectivity index (χ1v) is 19.8. The summed E-state index contributed by atoms with van der Waals surface area (Å²) in [6.45, 7) is 4.58. The van der Waals surface area contributed by atoms with Crippen LogP contribution in [0.4, 0.5) is 17.1 Å². The number of carbonyl (C=O) groups excluding carboxylic acids is 2. The van der Waals surface area contributed by atoms with Gasteiger partial charge in [0, 0.05) is 35.9 Å². The van der Waals surface area contributed by atoms with Crippen LogP contribution in [0.1, 0.15) is 56.7 Å². The fraction of sp³-hybridized carbons (Fsp3) is 0.333. The smallest absolute Gasteiger partial charge is 0.258 e. The van der Waals surface area contributed by atoms with Gasteiger partial charge < -0.3 is 26.0 Å². The van der Waals surface area contributed by atoms with Gasteiger partial charge in [0.25, 0.3) is 5.91 Å². The van der Waals surface area contributed by atoms with Crippen molar-refractivity contribution in [3.05, 3.63) is 108 Å². The van der Waals surface area contributed by atoms with Crippen LogP contribution in [0.3, 0.4) is 0 Å². The number of nitrogens with zero attached hydrogens (tertiary/aromatic N) is 1. The maximum atomic E-state index is 14.2. The highest BCUT2D eigenvalue weighted by molar-refractivity contribution is 7.98. The number of para-hydroxylation sites is 1. The minimum atomic E-state index is -3.75. The molecule has 0 bridgehead atoms. The van der Waals surface area contributed by atoms with Gasteiger partial charge in [0.2, 0.25) is 5.91 Å². The Labute approximate surface area is 299 Å². The fourth-order valence-corrected chi connectivity index (χ4v) is 9.15. The predicted molar refractivity (Wildman–Crippen MR) is 201 cm³/mol. The molecule has 1 aliphatic rings. The first-order chi connectivity index (χ1) is 24.1. The van der Waals surface area contributed by atoms with E-state index < -0.39 is 39.7 Å². The third kappa shape index (κ3) is 8.81. The van der Waals surface area contributed by atoms with E-state index in [4.69, 9.17) is 10.5 Å². The largest absolute Gasteiger partial charge is 0.483 e. The van der Waals surface area contributed by atoms with Gasteiger partial charge in [-0.2, -0.15) is 0 Å². The summed E-state index contributed by atoms with van der Waals surface area (Å²) in [6, 6.07) is 28.5.